The molecule has 0 saturated carbocycles. The average molecular weight is 273 g/mol. The van der Waals surface area contributed by atoms with E-state index in [2.05, 4.69) is 0 Å². The van der Waals surface area contributed by atoms with Crippen molar-refractivity contribution < 1.29 is 22.8 Å². The Labute approximate surface area is 101 Å². The van der Waals surface area contributed by atoms with Crippen molar-refractivity contribution in [1.82, 2.24) is 9.80 Å². The molecular weight excluding hydrogens is 261 g/mol. The van der Waals surface area contributed by atoms with Crippen LogP contribution in [0.15, 0.2) is 0 Å². The van der Waals surface area contributed by atoms with Crippen molar-refractivity contribution in [3.8, 4) is 0 Å². The number of rotatable bonds is 2. The van der Waals surface area contributed by atoms with Crippen LogP contribution in [0, 0.1) is 0 Å². The van der Waals surface area contributed by atoms with E-state index in [9.17, 15) is 22.8 Å². The molecule has 0 N–H and O–H groups in total. The van der Waals surface area contributed by atoms with E-state index in [1.165, 1.54) is 4.90 Å². The highest BCUT2D eigenvalue weighted by atomic mass is 35.5. The lowest BCUT2D eigenvalue weighted by Crippen LogP contribution is -2.53. The summed E-state index contributed by atoms with van der Waals surface area (Å²) in [5, 5.41) is 0. The minimum Gasteiger partial charge on any atom is -0.339 e. The molecule has 98 valence electrons. The molecule has 0 bridgehead atoms. The van der Waals surface area contributed by atoms with E-state index in [4.69, 9.17) is 11.6 Å². The van der Waals surface area contributed by atoms with Crippen LogP contribution in [0.2, 0.25) is 0 Å². The first-order chi connectivity index (χ1) is 7.86. The summed E-state index contributed by atoms with van der Waals surface area (Å²) in [5.41, 5.74) is 0. The second-order valence-electron chi connectivity index (χ2n) is 3.61. The van der Waals surface area contributed by atoms with Gasteiger partial charge in [-0.25, -0.2) is 0 Å². The average Bonchev–Trinajstić information content (AvgIpc) is 2.27. The SMILES string of the molecule is O=C(CCCl)N1CCN(C(=O)C(F)(F)F)CC1. The van der Waals surface area contributed by atoms with Crippen molar-refractivity contribution in [2.45, 2.75) is 12.6 Å². The molecule has 4 nitrogen and oxygen atoms in total. The minimum atomic E-state index is -4.84. The molecule has 17 heavy (non-hydrogen) atoms. The molecule has 1 aliphatic rings. The van der Waals surface area contributed by atoms with Crippen LogP contribution in [0.5, 0.6) is 0 Å². The molecule has 0 aromatic carbocycles. The lowest BCUT2D eigenvalue weighted by molar-refractivity contribution is -0.187. The van der Waals surface area contributed by atoms with Gasteiger partial charge in [0.25, 0.3) is 0 Å². The van der Waals surface area contributed by atoms with Gasteiger partial charge in [0.1, 0.15) is 0 Å². The number of alkyl halides is 4. The molecule has 8 heteroatoms. The van der Waals surface area contributed by atoms with Crippen LogP contribution in [-0.4, -0.2) is 59.8 Å². The topological polar surface area (TPSA) is 40.6 Å². The number of halogens is 4. The first-order valence-electron chi connectivity index (χ1n) is 5.06. The Hall–Kier alpha value is -0.980. The van der Waals surface area contributed by atoms with Crippen LogP contribution in [0.1, 0.15) is 6.42 Å². The summed E-state index contributed by atoms with van der Waals surface area (Å²) < 4.78 is 36.4. The summed E-state index contributed by atoms with van der Waals surface area (Å²) in [5.74, 6) is -1.86. The van der Waals surface area contributed by atoms with Crippen molar-refractivity contribution >= 4 is 23.4 Å². The molecule has 0 atom stereocenters. The lowest BCUT2D eigenvalue weighted by Gasteiger charge is -2.34. The predicted octanol–water partition coefficient (Wildman–Crippen LogP) is 0.848. The van der Waals surface area contributed by atoms with Crippen LogP contribution < -0.4 is 0 Å². The summed E-state index contributed by atoms with van der Waals surface area (Å²) in [6.07, 6.45) is -4.68. The van der Waals surface area contributed by atoms with E-state index in [0.717, 1.165) is 0 Å². The van der Waals surface area contributed by atoms with Gasteiger partial charge in [-0.05, 0) is 0 Å². The van der Waals surface area contributed by atoms with Crippen molar-refractivity contribution in [2.75, 3.05) is 32.1 Å². The van der Waals surface area contributed by atoms with Gasteiger partial charge < -0.3 is 9.80 Å². The number of carbonyl (C=O) groups excluding carboxylic acids is 2. The Morgan fingerprint density at radius 1 is 1.06 bits per heavy atom. The molecule has 0 spiro atoms. The van der Waals surface area contributed by atoms with Crippen LogP contribution in [0.3, 0.4) is 0 Å². The van der Waals surface area contributed by atoms with E-state index >= 15 is 0 Å². The summed E-state index contributed by atoms with van der Waals surface area (Å²) in [7, 11) is 0. The maximum atomic E-state index is 12.1. The number of amides is 2. The smallest absolute Gasteiger partial charge is 0.339 e. The molecule has 0 radical (unpaired) electrons. The highest BCUT2D eigenvalue weighted by Gasteiger charge is 2.43. The van der Waals surface area contributed by atoms with Gasteiger partial charge >= 0.3 is 12.1 Å². The van der Waals surface area contributed by atoms with E-state index in [0.29, 0.717) is 4.90 Å². The van der Waals surface area contributed by atoms with Crippen molar-refractivity contribution in [3.63, 3.8) is 0 Å². The molecule has 0 aliphatic carbocycles. The zero-order chi connectivity index (χ0) is 13.1. The Morgan fingerprint density at radius 3 is 1.94 bits per heavy atom. The highest BCUT2D eigenvalue weighted by molar-refractivity contribution is 6.18. The second kappa shape index (κ2) is 5.57. The molecule has 1 fully saturated rings. The monoisotopic (exact) mass is 272 g/mol. The molecule has 0 unspecified atom stereocenters. The zero-order valence-corrected chi connectivity index (χ0v) is 9.72. The first-order valence-corrected chi connectivity index (χ1v) is 5.59. The fourth-order valence-electron chi connectivity index (χ4n) is 1.58. The fourth-order valence-corrected chi connectivity index (χ4v) is 1.74. The third-order valence-corrected chi connectivity index (χ3v) is 2.66. The van der Waals surface area contributed by atoms with Crippen LogP contribution >= 0.6 is 11.6 Å². The summed E-state index contributed by atoms with van der Waals surface area (Å²) in [6.45, 7) is 0.0633. The Morgan fingerprint density at radius 2 is 1.53 bits per heavy atom. The second-order valence-corrected chi connectivity index (χ2v) is 3.99. The number of nitrogens with zero attached hydrogens (tertiary/aromatic N) is 2. The largest absolute Gasteiger partial charge is 0.471 e. The summed E-state index contributed by atoms with van der Waals surface area (Å²) in [4.78, 5) is 24.4. The zero-order valence-electron chi connectivity index (χ0n) is 8.97. The number of hydrogen-bond donors (Lipinski definition) is 0. The molecule has 1 saturated heterocycles. The quantitative estimate of drug-likeness (QED) is 0.699. The molecule has 0 aromatic heterocycles. The van der Waals surface area contributed by atoms with Gasteiger partial charge in [0.15, 0.2) is 0 Å². The molecule has 1 rings (SSSR count). The summed E-state index contributed by atoms with van der Waals surface area (Å²) in [6, 6.07) is 0. The van der Waals surface area contributed by atoms with Crippen molar-refractivity contribution in [3.05, 3.63) is 0 Å². The van der Waals surface area contributed by atoms with E-state index in [-0.39, 0.29) is 44.4 Å². The number of carbonyl (C=O) groups is 2. The molecule has 0 aromatic rings. The van der Waals surface area contributed by atoms with Gasteiger partial charge in [-0.3, -0.25) is 9.59 Å². The van der Waals surface area contributed by atoms with Crippen LogP contribution in [0.4, 0.5) is 13.2 Å². The minimum absolute atomic E-state index is 0.0909. The normalized spacial score (nSPS) is 17.2. The van der Waals surface area contributed by atoms with Gasteiger partial charge in [-0.2, -0.15) is 13.2 Å². The van der Waals surface area contributed by atoms with Gasteiger partial charge in [0, 0.05) is 38.5 Å². The molecular formula is C9H12ClF3N2O2. The summed E-state index contributed by atoms with van der Waals surface area (Å²) >= 11 is 5.39. The van der Waals surface area contributed by atoms with E-state index in [1.54, 1.807) is 0 Å². The Kier molecular flexibility index (Phi) is 4.62. The molecule has 1 aliphatic heterocycles. The van der Waals surface area contributed by atoms with Gasteiger partial charge in [-0.15, -0.1) is 11.6 Å². The van der Waals surface area contributed by atoms with E-state index in [1.807, 2.05) is 0 Å². The number of hydrogen-bond acceptors (Lipinski definition) is 2. The third-order valence-electron chi connectivity index (χ3n) is 2.47. The third kappa shape index (κ3) is 3.76. The van der Waals surface area contributed by atoms with Gasteiger partial charge in [-0.1, -0.05) is 0 Å². The van der Waals surface area contributed by atoms with E-state index < -0.39 is 12.1 Å². The molecule has 2 amide bonds. The van der Waals surface area contributed by atoms with Gasteiger partial charge in [0.2, 0.25) is 5.91 Å². The first kappa shape index (κ1) is 14.1. The van der Waals surface area contributed by atoms with Gasteiger partial charge in [0.05, 0.1) is 0 Å². The van der Waals surface area contributed by atoms with Crippen molar-refractivity contribution in [2.24, 2.45) is 0 Å². The van der Waals surface area contributed by atoms with Crippen LogP contribution in [0.25, 0.3) is 0 Å². The fraction of sp³-hybridized carbons (Fsp3) is 0.778. The lowest BCUT2D eigenvalue weighted by atomic mass is 10.3. The Bertz CT molecular complexity index is 301. The maximum absolute atomic E-state index is 12.1. The highest BCUT2D eigenvalue weighted by Crippen LogP contribution is 2.19. The van der Waals surface area contributed by atoms with Crippen molar-refractivity contribution in [1.29, 1.82) is 0 Å². The van der Waals surface area contributed by atoms with Crippen LogP contribution in [-0.2, 0) is 9.59 Å². The standard InChI is InChI=1S/C9H12ClF3N2O2/c10-2-1-7(16)14-3-5-15(6-4-14)8(17)9(11,12)13/h1-6H2. The molecule has 1 heterocycles. The predicted molar refractivity (Wildman–Crippen MR) is 54.6 cm³/mol. The number of piperazine rings is 1. The Balaban J connectivity index is 2.46. The maximum Gasteiger partial charge on any atom is 0.471 e.